The molecule has 124 valence electrons. The zero-order valence-corrected chi connectivity index (χ0v) is 14.2. The second-order valence-electron chi connectivity index (χ2n) is 5.56. The zero-order valence-electron chi connectivity index (χ0n) is 13.4. The minimum absolute atomic E-state index is 0.309. The minimum atomic E-state index is -3.65. The first-order chi connectivity index (χ1) is 10.8. The highest BCUT2D eigenvalue weighted by atomic mass is 32.2. The summed E-state index contributed by atoms with van der Waals surface area (Å²) in [4.78, 5) is 13.8. The Morgan fingerprint density at radius 3 is 2.52 bits per heavy atom. The Hall–Kier alpha value is -2.15. The molecule has 0 N–H and O–H groups in total. The van der Waals surface area contributed by atoms with Crippen LogP contribution in [-0.4, -0.2) is 36.7 Å². The van der Waals surface area contributed by atoms with Gasteiger partial charge in [0.1, 0.15) is 11.0 Å². The lowest BCUT2D eigenvalue weighted by Crippen LogP contribution is -2.39. The maximum atomic E-state index is 12.4. The van der Waals surface area contributed by atoms with Gasteiger partial charge in [-0.25, -0.2) is 8.42 Å². The van der Waals surface area contributed by atoms with E-state index in [2.05, 4.69) is 5.16 Å². The van der Waals surface area contributed by atoms with Gasteiger partial charge in [0.25, 0.3) is 0 Å². The number of sulfone groups is 1. The molecular formula is C16H20N2O4S. The topological polar surface area (TPSA) is 80.5 Å². The molecule has 0 aliphatic rings. The quantitative estimate of drug-likeness (QED) is 0.805. The van der Waals surface area contributed by atoms with E-state index in [0.717, 1.165) is 5.56 Å². The van der Waals surface area contributed by atoms with Gasteiger partial charge in [0.2, 0.25) is 5.91 Å². The molecule has 0 aliphatic carbocycles. The first kappa shape index (κ1) is 17.2. The van der Waals surface area contributed by atoms with E-state index in [1.165, 1.54) is 11.8 Å². The summed E-state index contributed by atoms with van der Waals surface area (Å²) in [5, 5.41) is 2.54. The first-order valence-corrected chi connectivity index (χ1v) is 8.94. The summed E-state index contributed by atoms with van der Waals surface area (Å²) < 4.78 is 29.6. The van der Waals surface area contributed by atoms with Gasteiger partial charge in [0.15, 0.2) is 9.84 Å². The highest BCUT2D eigenvalue weighted by molar-refractivity contribution is 7.92. The second kappa shape index (κ2) is 6.95. The van der Waals surface area contributed by atoms with Crippen molar-refractivity contribution in [2.24, 2.45) is 0 Å². The summed E-state index contributed by atoms with van der Waals surface area (Å²) in [6.07, 6.45) is 0. The number of hydrogen-bond donors (Lipinski definition) is 0. The maximum Gasteiger partial charge on any atom is 0.240 e. The van der Waals surface area contributed by atoms with Crippen molar-refractivity contribution in [1.82, 2.24) is 10.1 Å². The Balaban J connectivity index is 2.05. The lowest BCUT2D eigenvalue weighted by atomic mass is 10.2. The monoisotopic (exact) mass is 336 g/mol. The van der Waals surface area contributed by atoms with Crippen molar-refractivity contribution in [3.63, 3.8) is 0 Å². The van der Waals surface area contributed by atoms with Gasteiger partial charge in [0.05, 0.1) is 11.4 Å². The van der Waals surface area contributed by atoms with E-state index >= 15 is 0 Å². The fourth-order valence-corrected chi connectivity index (χ4v) is 3.50. The highest BCUT2D eigenvalue weighted by Crippen LogP contribution is 2.14. The summed E-state index contributed by atoms with van der Waals surface area (Å²) in [6.45, 7) is 3.46. The highest BCUT2D eigenvalue weighted by Gasteiger charge is 2.31. The van der Waals surface area contributed by atoms with E-state index < -0.39 is 21.0 Å². The van der Waals surface area contributed by atoms with Gasteiger partial charge >= 0.3 is 0 Å². The Bertz CT molecular complexity index is 768. The molecule has 0 radical (unpaired) electrons. The lowest BCUT2D eigenvalue weighted by molar-refractivity contribution is -0.129. The van der Waals surface area contributed by atoms with Crippen LogP contribution in [0.25, 0.3) is 0 Å². The molecule has 0 bridgehead atoms. The molecule has 23 heavy (non-hydrogen) atoms. The third-order valence-corrected chi connectivity index (χ3v) is 5.53. The molecule has 7 heteroatoms. The van der Waals surface area contributed by atoms with Crippen LogP contribution in [0.5, 0.6) is 0 Å². The van der Waals surface area contributed by atoms with Crippen molar-refractivity contribution in [1.29, 1.82) is 0 Å². The van der Waals surface area contributed by atoms with Gasteiger partial charge in [-0.2, -0.15) is 0 Å². The molecule has 0 saturated heterocycles. The van der Waals surface area contributed by atoms with Gasteiger partial charge in [-0.05, 0) is 19.4 Å². The number of nitrogens with zero attached hydrogens (tertiary/aromatic N) is 2. The van der Waals surface area contributed by atoms with E-state index in [1.807, 2.05) is 30.3 Å². The maximum absolute atomic E-state index is 12.4. The van der Waals surface area contributed by atoms with Crippen molar-refractivity contribution < 1.29 is 17.7 Å². The number of carbonyl (C=O) groups is 1. The molecule has 0 aliphatic heterocycles. The number of aryl methyl sites for hydroxylation is 1. The molecule has 1 heterocycles. The number of hydrogen-bond acceptors (Lipinski definition) is 5. The number of benzene rings is 1. The Morgan fingerprint density at radius 2 is 1.96 bits per heavy atom. The molecule has 6 nitrogen and oxygen atoms in total. The van der Waals surface area contributed by atoms with Gasteiger partial charge in [-0.1, -0.05) is 35.5 Å². The van der Waals surface area contributed by atoms with Crippen LogP contribution in [0.1, 0.15) is 23.9 Å². The van der Waals surface area contributed by atoms with Crippen LogP contribution in [0.15, 0.2) is 40.9 Å². The van der Waals surface area contributed by atoms with Crippen LogP contribution < -0.4 is 0 Å². The fourth-order valence-electron chi connectivity index (χ4n) is 2.22. The summed E-state index contributed by atoms with van der Waals surface area (Å²) >= 11 is 0. The lowest BCUT2D eigenvalue weighted by Gasteiger charge is -2.21. The molecule has 1 aromatic heterocycles. The zero-order chi connectivity index (χ0) is 17.0. The molecule has 0 spiro atoms. The molecular weight excluding hydrogens is 316 g/mol. The molecule has 0 saturated carbocycles. The van der Waals surface area contributed by atoms with Crippen molar-refractivity contribution in [2.75, 3.05) is 7.05 Å². The normalized spacial score (nSPS) is 12.8. The number of aromatic nitrogens is 1. The van der Waals surface area contributed by atoms with E-state index in [-0.39, 0.29) is 5.75 Å². The van der Waals surface area contributed by atoms with Crippen LogP contribution in [0.2, 0.25) is 0 Å². The third-order valence-electron chi connectivity index (χ3n) is 3.55. The summed E-state index contributed by atoms with van der Waals surface area (Å²) in [6, 6.07) is 11.0. The standard InChI is InChI=1S/C16H20N2O4S/c1-12-9-15(17-22-12)11-23(20,21)13(2)16(19)18(3)10-14-7-5-4-6-8-14/h4-9,13H,10-11H2,1-3H3/t13-/m0/s1. The first-order valence-electron chi connectivity index (χ1n) is 7.22. The number of rotatable bonds is 6. The second-order valence-corrected chi connectivity index (χ2v) is 7.88. The van der Waals surface area contributed by atoms with Crippen molar-refractivity contribution in [3.8, 4) is 0 Å². The predicted octanol–water partition coefficient (Wildman–Crippen LogP) is 1.94. The Morgan fingerprint density at radius 1 is 1.30 bits per heavy atom. The van der Waals surface area contributed by atoms with E-state index in [4.69, 9.17) is 4.52 Å². The fraction of sp³-hybridized carbons (Fsp3) is 0.375. The molecule has 1 atom stereocenters. The molecule has 1 aromatic carbocycles. The van der Waals surface area contributed by atoms with Crippen molar-refractivity contribution in [2.45, 2.75) is 31.4 Å². The van der Waals surface area contributed by atoms with Gasteiger partial charge in [0, 0.05) is 19.7 Å². The smallest absolute Gasteiger partial charge is 0.240 e. The van der Waals surface area contributed by atoms with Gasteiger partial charge in [-0.3, -0.25) is 4.79 Å². The van der Waals surface area contributed by atoms with Gasteiger partial charge in [-0.15, -0.1) is 0 Å². The SMILES string of the molecule is Cc1cc(CS(=O)(=O)[C@@H](C)C(=O)N(C)Cc2ccccc2)no1. The summed E-state index contributed by atoms with van der Waals surface area (Å²) in [7, 11) is -2.05. The average molecular weight is 336 g/mol. The number of amides is 1. The molecule has 2 aromatic rings. The molecule has 2 rings (SSSR count). The van der Waals surface area contributed by atoms with Crippen LogP contribution in [-0.2, 0) is 26.9 Å². The van der Waals surface area contributed by atoms with Crippen LogP contribution in [0.4, 0.5) is 0 Å². The average Bonchev–Trinajstić information content (AvgIpc) is 2.91. The van der Waals surface area contributed by atoms with Crippen molar-refractivity contribution in [3.05, 3.63) is 53.4 Å². The molecule has 0 fully saturated rings. The predicted molar refractivity (Wildman–Crippen MR) is 86.2 cm³/mol. The van der Waals surface area contributed by atoms with Crippen LogP contribution in [0.3, 0.4) is 0 Å². The third kappa shape index (κ3) is 4.41. The van der Waals surface area contributed by atoms with E-state index in [1.54, 1.807) is 20.0 Å². The van der Waals surface area contributed by atoms with E-state index in [0.29, 0.717) is 18.0 Å². The number of carbonyl (C=O) groups excluding carboxylic acids is 1. The van der Waals surface area contributed by atoms with Gasteiger partial charge < -0.3 is 9.42 Å². The van der Waals surface area contributed by atoms with Crippen molar-refractivity contribution >= 4 is 15.7 Å². The molecule has 0 unspecified atom stereocenters. The van der Waals surface area contributed by atoms with E-state index in [9.17, 15) is 13.2 Å². The Kier molecular flexibility index (Phi) is 5.20. The summed E-state index contributed by atoms with van der Waals surface area (Å²) in [5.74, 6) is -0.208. The molecule has 1 amide bonds. The largest absolute Gasteiger partial charge is 0.361 e. The summed E-state index contributed by atoms with van der Waals surface area (Å²) in [5.41, 5.74) is 1.26. The Labute approximate surface area is 136 Å². The minimum Gasteiger partial charge on any atom is -0.361 e. The van der Waals surface area contributed by atoms with Crippen LogP contribution in [0, 0.1) is 6.92 Å². The van der Waals surface area contributed by atoms with Crippen LogP contribution >= 0.6 is 0 Å².